The molecule has 406 valence electrons. The van der Waals surface area contributed by atoms with Crippen LogP contribution in [0.2, 0.25) is 10.0 Å². The van der Waals surface area contributed by atoms with Crippen LogP contribution in [0.5, 0.6) is 11.5 Å². The summed E-state index contributed by atoms with van der Waals surface area (Å²) in [6.45, 7) is 10.4. The van der Waals surface area contributed by atoms with E-state index in [-0.39, 0.29) is 23.9 Å². The molecule has 3 aromatic carbocycles. The van der Waals surface area contributed by atoms with E-state index in [0.717, 1.165) is 74.2 Å². The molecule has 2 fully saturated rings. The Bertz CT molecular complexity index is 2030. The minimum atomic E-state index is 0.133. The molecule has 2 unspecified atom stereocenters. The van der Waals surface area contributed by atoms with E-state index < -0.39 is 0 Å². The van der Waals surface area contributed by atoms with Crippen LogP contribution in [-0.4, -0.2) is 55.7 Å². The third-order valence-electron chi connectivity index (χ3n) is 16.4. The molecule has 0 aromatic heterocycles. The van der Waals surface area contributed by atoms with E-state index in [4.69, 9.17) is 32.7 Å². The van der Waals surface area contributed by atoms with Gasteiger partial charge in [-0.2, -0.15) is 0 Å². The Morgan fingerprint density at radius 1 is 0.589 bits per heavy atom. The van der Waals surface area contributed by atoms with Crippen molar-refractivity contribution in [3.8, 4) is 11.5 Å². The highest BCUT2D eigenvalue weighted by Gasteiger charge is 2.38. The first-order valence-electron chi connectivity index (χ1n) is 30.1. The van der Waals surface area contributed by atoms with E-state index in [1.807, 2.05) is 19.1 Å². The number of hydrogen-bond acceptors (Lipinski definition) is 5. The molecular formula is C65H99Cl2N3O3. The van der Waals surface area contributed by atoms with Crippen LogP contribution in [0.1, 0.15) is 233 Å². The molecule has 2 atom stereocenters. The minimum Gasteiger partial charge on any atom is -0.490 e. The molecule has 3 aliphatic heterocycles. The summed E-state index contributed by atoms with van der Waals surface area (Å²) in [5, 5.41) is 8.95. The molecule has 0 radical (unpaired) electrons. The molecule has 3 aromatic rings. The fourth-order valence-corrected chi connectivity index (χ4v) is 12.3. The van der Waals surface area contributed by atoms with Crippen LogP contribution in [0.25, 0.3) is 5.57 Å². The van der Waals surface area contributed by atoms with Crippen molar-refractivity contribution in [3.63, 3.8) is 0 Å². The van der Waals surface area contributed by atoms with Crippen LogP contribution in [-0.2, 0) is 11.3 Å². The maximum absolute atomic E-state index is 15.8. The third kappa shape index (κ3) is 21.9. The zero-order chi connectivity index (χ0) is 51.3. The summed E-state index contributed by atoms with van der Waals surface area (Å²) in [7, 11) is 0. The van der Waals surface area contributed by atoms with Crippen LogP contribution < -0.4 is 20.1 Å². The Hall–Kier alpha value is -3.03. The van der Waals surface area contributed by atoms with Gasteiger partial charge in [-0.3, -0.25) is 4.79 Å². The van der Waals surface area contributed by atoms with Crippen molar-refractivity contribution >= 4 is 34.7 Å². The smallest absolute Gasteiger partial charge is 0.250 e. The van der Waals surface area contributed by atoms with Gasteiger partial charge in [-0.05, 0) is 117 Å². The summed E-state index contributed by atoms with van der Waals surface area (Å²) in [5.74, 6) is 1.63. The van der Waals surface area contributed by atoms with E-state index in [0.29, 0.717) is 35.6 Å². The summed E-state index contributed by atoms with van der Waals surface area (Å²) in [5.41, 5.74) is 8.20. The van der Waals surface area contributed by atoms with Gasteiger partial charge >= 0.3 is 0 Å². The summed E-state index contributed by atoms with van der Waals surface area (Å²) >= 11 is 12.9. The number of amides is 1. The maximum atomic E-state index is 15.8. The van der Waals surface area contributed by atoms with E-state index >= 15 is 4.79 Å². The zero-order valence-corrected chi connectivity index (χ0v) is 47.7. The monoisotopic (exact) mass is 1040 g/mol. The highest BCUT2D eigenvalue weighted by molar-refractivity contribution is 6.37. The van der Waals surface area contributed by atoms with Crippen molar-refractivity contribution in [2.75, 3.05) is 32.8 Å². The lowest BCUT2D eigenvalue weighted by molar-refractivity contribution is -0.128. The lowest BCUT2D eigenvalue weighted by atomic mass is 9.82. The van der Waals surface area contributed by atoms with Gasteiger partial charge < -0.3 is 25.0 Å². The Morgan fingerprint density at radius 2 is 1.08 bits per heavy atom. The minimum absolute atomic E-state index is 0.133. The standard InChI is InChI=1S/C65H99Cl2N3O3/c1-51-45-61(66)64(62(67)46-51)73-44-43-72-59-40-36-54(37-41-59)60-47-57-49-68-48-55(63(60)65(71)70(58-38-39-58)50-56-35-32-33-52(2)53(56)3)34-30-28-26-24-22-20-18-16-14-12-10-8-6-4-5-7-9-11-13-15-17-19-21-23-25-27-29-31-42-69-57/h32-33,35-37,40-41,45-46,55,57-58,68-69H,4-31,34,38-39,42-44,47-50H2,1-3H3. The number of carbonyl (C=O) groups is 1. The molecule has 1 aliphatic carbocycles. The van der Waals surface area contributed by atoms with E-state index in [1.165, 1.54) is 196 Å². The number of rotatable bonds is 10. The second-order valence-corrected chi connectivity index (χ2v) is 23.4. The number of aryl methyl sites for hydroxylation is 2. The number of ether oxygens (including phenoxy) is 2. The Morgan fingerprint density at radius 3 is 1.60 bits per heavy atom. The number of benzene rings is 3. The Kier molecular flexibility index (Phi) is 28.1. The van der Waals surface area contributed by atoms with Gasteiger partial charge in [0.05, 0.1) is 10.0 Å². The van der Waals surface area contributed by atoms with Crippen LogP contribution in [0, 0.1) is 26.7 Å². The molecule has 2 bridgehead atoms. The maximum Gasteiger partial charge on any atom is 0.250 e. The highest BCUT2D eigenvalue weighted by Crippen LogP contribution is 2.39. The SMILES string of the molecule is Cc1cc(Cl)c(OCCOc2ccc(C3=C(C(=O)N(Cc4cccc(C)c4C)C4CC4)C4CCCCCCCCCCCCCCCCCCCCCCCCCCCCCCNC(CNC4)C3)cc2)c(Cl)c1. The molecular weight excluding hydrogens is 942 g/mol. The van der Waals surface area contributed by atoms with Gasteiger partial charge in [0.2, 0.25) is 0 Å². The Labute approximate surface area is 455 Å². The first-order valence-corrected chi connectivity index (χ1v) is 30.9. The van der Waals surface area contributed by atoms with Crippen molar-refractivity contribution in [1.82, 2.24) is 15.5 Å². The summed E-state index contributed by atoms with van der Waals surface area (Å²) in [6.07, 6.45) is 42.5. The van der Waals surface area contributed by atoms with Crippen molar-refractivity contribution < 1.29 is 14.3 Å². The van der Waals surface area contributed by atoms with Gasteiger partial charge in [-0.1, -0.05) is 227 Å². The predicted octanol–water partition coefficient (Wildman–Crippen LogP) is 18.2. The number of carbonyl (C=O) groups excluding carboxylic acids is 1. The molecule has 1 saturated carbocycles. The molecule has 1 amide bonds. The molecule has 8 heteroatoms. The second-order valence-electron chi connectivity index (χ2n) is 22.6. The molecule has 0 spiro atoms. The van der Waals surface area contributed by atoms with Crippen LogP contribution in [0.15, 0.2) is 60.2 Å². The lowest BCUT2D eigenvalue weighted by Crippen LogP contribution is -2.45. The van der Waals surface area contributed by atoms with Gasteiger partial charge in [0.1, 0.15) is 19.0 Å². The number of nitrogens with one attached hydrogen (secondary N) is 2. The molecule has 1 saturated heterocycles. The number of hydrogen-bond donors (Lipinski definition) is 2. The van der Waals surface area contributed by atoms with Crippen LogP contribution >= 0.6 is 23.2 Å². The first kappa shape index (κ1) is 59.2. The molecule has 4 aliphatic rings. The van der Waals surface area contributed by atoms with Crippen LogP contribution in [0.4, 0.5) is 0 Å². The van der Waals surface area contributed by atoms with E-state index in [1.54, 1.807) is 0 Å². The Balaban J connectivity index is 1.18. The summed E-state index contributed by atoms with van der Waals surface area (Å²) in [4.78, 5) is 18.0. The van der Waals surface area contributed by atoms with E-state index in [2.05, 4.69) is 71.8 Å². The van der Waals surface area contributed by atoms with Crippen molar-refractivity contribution in [1.29, 1.82) is 0 Å². The largest absolute Gasteiger partial charge is 0.490 e. The number of nitrogens with zero attached hydrogens (tertiary/aromatic N) is 1. The van der Waals surface area contributed by atoms with E-state index in [9.17, 15) is 0 Å². The number of fused-ring (bicyclic) bond motifs is 33. The second kappa shape index (κ2) is 34.6. The highest BCUT2D eigenvalue weighted by atomic mass is 35.5. The fraction of sp³-hybridized carbons (Fsp3) is 0.677. The van der Waals surface area contributed by atoms with Crippen molar-refractivity contribution in [3.05, 3.63) is 98.0 Å². The molecule has 6 nitrogen and oxygen atoms in total. The van der Waals surface area contributed by atoms with Gasteiger partial charge in [0.25, 0.3) is 5.91 Å². The first-order chi connectivity index (χ1) is 35.8. The quantitative estimate of drug-likeness (QED) is 0.198. The van der Waals surface area contributed by atoms with Gasteiger partial charge in [0.15, 0.2) is 5.75 Å². The van der Waals surface area contributed by atoms with Gasteiger partial charge in [-0.25, -0.2) is 0 Å². The van der Waals surface area contributed by atoms with Gasteiger partial charge in [-0.15, -0.1) is 0 Å². The molecule has 73 heavy (non-hydrogen) atoms. The van der Waals surface area contributed by atoms with Gasteiger partial charge in [0, 0.05) is 43.2 Å². The van der Waals surface area contributed by atoms with Crippen LogP contribution in [0.3, 0.4) is 0 Å². The summed E-state index contributed by atoms with van der Waals surface area (Å²) in [6, 6.07) is 19.3. The average molecular weight is 1040 g/mol. The zero-order valence-electron chi connectivity index (χ0n) is 46.2. The fourth-order valence-electron chi connectivity index (χ4n) is 11.5. The third-order valence-corrected chi connectivity index (χ3v) is 16.9. The lowest BCUT2D eigenvalue weighted by Gasteiger charge is -2.34. The van der Waals surface area contributed by atoms with Crippen molar-refractivity contribution in [2.45, 2.75) is 245 Å². The molecule has 7 rings (SSSR count). The summed E-state index contributed by atoms with van der Waals surface area (Å²) < 4.78 is 12.2. The normalized spacial score (nSPS) is 21.5. The average Bonchev–Trinajstić information content (AvgIpc) is 4.22. The predicted molar refractivity (Wildman–Crippen MR) is 312 cm³/mol. The van der Waals surface area contributed by atoms with Crippen molar-refractivity contribution in [2.24, 2.45) is 5.92 Å². The number of halogens is 2. The molecule has 2 N–H and O–H groups in total. The topological polar surface area (TPSA) is 62.8 Å². The molecule has 3 heterocycles.